The van der Waals surface area contributed by atoms with E-state index in [1.165, 1.54) is 6.33 Å². The van der Waals surface area contributed by atoms with Gasteiger partial charge in [0.2, 0.25) is 0 Å². The second kappa shape index (κ2) is 5.35. The van der Waals surface area contributed by atoms with Crippen molar-refractivity contribution in [3.05, 3.63) is 67.0 Å². The van der Waals surface area contributed by atoms with Gasteiger partial charge in [0.1, 0.15) is 12.0 Å². The first-order chi connectivity index (χ1) is 11.3. The van der Waals surface area contributed by atoms with Crippen LogP contribution in [0.1, 0.15) is 5.56 Å². The molecule has 0 saturated heterocycles. The lowest BCUT2D eigenvalue weighted by Crippen LogP contribution is -1.85. The summed E-state index contributed by atoms with van der Waals surface area (Å²) < 4.78 is 0. The summed E-state index contributed by atoms with van der Waals surface area (Å²) in [5.74, 6) is 0. The van der Waals surface area contributed by atoms with Crippen molar-refractivity contribution in [3.63, 3.8) is 0 Å². The lowest BCUT2D eigenvalue weighted by atomic mass is 10.0. The van der Waals surface area contributed by atoms with E-state index >= 15 is 0 Å². The van der Waals surface area contributed by atoms with Crippen LogP contribution in [0.4, 0.5) is 0 Å². The SMILES string of the molecule is N#Cc1cccc(-c2c[nH]c3ncc(-c4cncnc4)cc23)c1. The number of benzene rings is 1. The van der Waals surface area contributed by atoms with Crippen LogP contribution in [0.3, 0.4) is 0 Å². The fraction of sp³-hybridized carbons (Fsp3) is 0. The third-order valence-corrected chi connectivity index (χ3v) is 3.73. The first-order valence-corrected chi connectivity index (χ1v) is 7.08. The van der Waals surface area contributed by atoms with Crippen molar-refractivity contribution in [2.45, 2.75) is 0 Å². The van der Waals surface area contributed by atoms with Crippen LogP contribution in [0.15, 0.2) is 61.4 Å². The predicted octanol–water partition coefficient (Wildman–Crippen LogP) is 3.56. The molecule has 5 nitrogen and oxygen atoms in total. The van der Waals surface area contributed by atoms with Gasteiger partial charge in [-0.25, -0.2) is 15.0 Å². The molecular weight excluding hydrogens is 286 g/mol. The number of nitrogens with zero attached hydrogens (tertiary/aromatic N) is 4. The van der Waals surface area contributed by atoms with E-state index < -0.39 is 0 Å². The van der Waals surface area contributed by atoms with Gasteiger partial charge < -0.3 is 4.98 Å². The van der Waals surface area contributed by atoms with E-state index in [0.29, 0.717) is 5.56 Å². The molecule has 0 bridgehead atoms. The minimum absolute atomic E-state index is 0.637. The van der Waals surface area contributed by atoms with E-state index in [0.717, 1.165) is 33.3 Å². The van der Waals surface area contributed by atoms with Crippen LogP contribution in [-0.2, 0) is 0 Å². The molecule has 3 heterocycles. The second-order valence-electron chi connectivity index (χ2n) is 5.14. The van der Waals surface area contributed by atoms with Crippen molar-refractivity contribution in [3.8, 4) is 28.3 Å². The number of rotatable bonds is 2. The highest BCUT2D eigenvalue weighted by Crippen LogP contribution is 2.30. The smallest absolute Gasteiger partial charge is 0.137 e. The third-order valence-electron chi connectivity index (χ3n) is 3.73. The number of aromatic amines is 1. The van der Waals surface area contributed by atoms with Gasteiger partial charge in [0, 0.05) is 46.9 Å². The van der Waals surface area contributed by atoms with Gasteiger partial charge in [-0.1, -0.05) is 12.1 Å². The number of aromatic nitrogens is 4. The molecule has 0 radical (unpaired) electrons. The van der Waals surface area contributed by atoms with Gasteiger partial charge in [0.05, 0.1) is 11.6 Å². The van der Waals surface area contributed by atoms with Crippen molar-refractivity contribution in [1.82, 2.24) is 19.9 Å². The number of H-pyrrole nitrogens is 1. The van der Waals surface area contributed by atoms with E-state index in [4.69, 9.17) is 5.26 Å². The van der Waals surface area contributed by atoms with Crippen LogP contribution in [-0.4, -0.2) is 19.9 Å². The Morgan fingerprint density at radius 1 is 0.957 bits per heavy atom. The number of hydrogen-bond acceptors (Lipinski definition) is 4. The van der Waals surface area contributed by atoms with Gasteiger partial charge in [-0.15, -0.1) is 0 Å². The molecule has 4 aromatic rings. The van der Waals surface area contributed by atoms with Crippen LogP contribution in [0.25, 0.3) is 33.3 Å². The summed E-state index contributed by atoms with van der Waals surface area (Å²) >= 11 is 0. The van der Waals surface area contributed by atoms with Crippen molar-refractivity contribution < 1.29 is 0 Å². The number of nitrogens with one attached hydrogen (secondary N) is 1. The van der Waals surface area contributed by atoms with Gasteiger partial charge in [0.15, 0.2) is 0 Å². The van der Waals surface area contributed by atoms with Gasteiger partial charge in [0.25, 0.3) is 0 Å². The summed E-state index contributed by atoms with van der Waals surface area (Å²) in [5.41, 5.74) is 5.32. The van der Waals surface area contributed by atoms with E-state index in [1.807, 2.05) is 24.4 Å². The summed E-state index contributed by atoms with van der Waals surface area (Å²) in [5, 5.41) is 10.1. The zero-order valence-corrected chi connectivity index (χ0v) is 12.1. The van der Waals surface area contributed by atoms with Crippen LogP contribution in [0, 0.1) is 11.3 Å². The summed E-state index contributed by atoms with van der Waals surface area (Å²) in [6.07, 6.45) is 8.74. The average molecular weight is 297 g/mol. The Hall–Kier alpha value is -3.52. The van der Waals surface area contributed by atoms with Crippen molar-refractivity contribution >= 4 is 11.0 Å². The number of pyridine rings is 1. The van der Waals surface area contributed by atoms with Crippen LogP contribution in [0.5, 0.6) is 0 Å². The molecule has 108 valence electrons. The first-order valence-electron chi connectivity index (χ1n) is 7.08. The molecule has 0 aliphatic carbocycles. The fourth-order valence-electron chi connectivity index (χ4n) is 2.60. The highest BCUT2D eigenvalue weighted by Gasteiger charge is 2.09. The summed E-state index contributed by atoms with van der Waals surface area (Å²) in [6.45, 7) is 0. The molecule has 0 aliphatic heterocycles. The maximum absolute atomic E-state index is 9.08. The molecule has 0 amide bonds. The van der Waals surface area contributed by atoms with E-state index in [9.17, 15) is 0 Å². The molecule has 0 atom stereocenters. The second-order valence-corrected chi connectivity index (χ2v) is 5.14. The molecule has 3 aromatic heterocycles. The minimum Gasteiger partial charge on any atom is -0.346 e. The topological polar surface area (TPSA) is 78.2 Å². The van der Waals surface area contributed by atoms with Crippen LogP contribution >= 0.6 is 0 Å². The maximum atomic E-state index is 9.08. The van der Waals surface area contributed by atoms with Crippen molar-refractivity contribution in [2.24, 2.45) is 0 Å². The summed E-state index contributed by atoms with van der Waals surface area (Å²) in [7, 11) is 0. The molecule has 0 unspecified atom stereocenters. The molecule has 0 aliphatic rings. The standard InChI is InChI=1S/C18H11N5/c19-6-12-2-1-3-13(4-12)17-10-23-18-16(17)5-14(9-22-18)15-7-20-11-21-8-15/h1-5,7-11H,(H,22,23). The largest absolute Gasteiger partial charge is 0.346 e. The predicted molar refractivity (Wildman–Crippen MR) is 87.3 cm³/mol. The first kappa shape index (κ1) is 13.2. The zero-order valence-electron chi connectivity index (χ0n) is 12.1. The maximum Gasteiger partial charge on any atom is 0.137 e. The van der Waals surface area contributed by atoms with Crippen LogP contribution < -0.4 is 0 Å². The Morgan fingerprint density at radius 3 is 2.65 bits per heavy atom. The molecule has 4 rings (SSSR count). The molecule has 0 saturated carbocycles. The molecule has 1 N–H and O–H groups in total. The van der Waals surface area contributed by atoms with Crippen molar-refractivity contribution in [1.29, 1.82) is 5.26 Å². The third kappa shape index (κ3) is 2.32. The molecule has 23 heavy (non-hydrogen) atoms. The Morgan fingerprint density at radius 2 is 1.83 bits per heavy atom. The lowest BCUT2D eigenvalue weighted by molar-refractivity contribution is 1.17. The van der Waals surface area contributed by atoms with Gasteiger partial charge in [-0.3, -0.25) is 0 Å². The Kier molecular flexibility index (Phi) is 3.06. The number of fused-ring (bicyclic) bond motifs is 1. The van der Waals surface area contributed by atoms with E-state index in [1.54, 1.807) is 24.7 Å². The number of hydrogen-bond donors (Lipinski definition) is 1. The average Bonchev–Trinajstić information content (AvgIpc) is 3.05. The van der Waals surface area contributed by atoms with Crippen LogP contribution in [0.2, 0.25) is 0 Å². The fourth-order valence-corrected chi connectivity index (χ4v) is 2.60. The quantitative estimate of drug-likeness (QED) is 0.613. The van der Waals surface area contributed by atoms with E-state index in [-0.39, 0.29) is 0 Å². The summed E-state index contributed by atoms with van der Waals surface area (Å²) in [4.78, 5) is 15.7. The van der Waals surface area contributed by atoms with Gasteiger partial charge >= 0.3 is 0 Å². The van der Waals surface area contributed by atoms with Gasteiger partial charge in [-0.05, 0) is 23.8 Å². The molecular formula is C18H11N5. The monoisotopic (exact) mass is 297 g/mol. The van der Waals surface area contributed by atoms with E-state index in [2.05, 4.69) is 32.1 Å². The number of nitriles is 1. The Balaban J connectivity index is 1.90. The highest BCUT2D eigenvalue weighted by molar-refractivity contribution is 5.95. The molecule has 0 spiro atoms. The summed E-state index contributed by atoms with van der Waals surface area (Å²) in [6, 6.07) is 11.8. The molecule has 1 aromatic carbocycles. The van der Waals surface area contributed by atoms with Crippen molar-refractivity contribution in [2.75, 3.05) is 0 Å². The molecule has 0 fully saturated rings. The van der Waals surface area contributed by atoms with Gasteiger partial charge in [-0.2, -0.15) is 5.26 Å². The minimum atomic E-state index is 0.637. The lowest BCUT2D eigenvalue weighted by Gasteiger charge is -2.03. The highest BCUT2D eigenvalue weighted by atomic mass is 14.8. The Labute approximate surface area is 132 Å². The molecule has 5 heteroatoms. The normalized spacial score (nSPS) is 10.6. The Bertz CT molecular complexity index is 1030. The zero-order chi connectivity index (χ0) is 15.6.